The minimum absolute atomic E-state index is 0.0401. The Kier molecular flexibility index (Phi) is 15.7. The van der Waals surface area contributed by atoms with Crippen molar-refractivity contribution in [3.8, 4) is 0 Å². The van der Waals surface area contributed by atoms with E-state index in [1.54, 1.807) is 6.21 Å². The van der Waals surface area contributed by atoms with Crippen molar-refractivity contribution in [3.63, 3.8) is 0 Å². The zero-order chi connectivity index (χ0) is 35.5. The van der Waals surface area contributed by atoms with Gasteiger partial charge in [-0.05, 0) is 83.5 Å². The van der Waals surface area contributed by atoms with Gasteiger partial charge in [-0.3, -0.25) is 19.5 Å². The molecule has 280 valence electrons. The fourth-order valence-corrected chi connectivity index (χ4v) is 7.96. The first kappa shape index (κ1) is 39.6. The van der Waals surface area contributed by atoms with E-state index in [4.69, 9.17) is 5.73 Å². The van der Waals surface area contributed by atoms with Gasteiger partial charge in [-0.1, -0.05) is 53.0 Å². The maximum Gasteiger partial charge on any atom is 0.228 e. The molecule has 0 saturated carbocycles. The molecule has 10 atom stereocenters. The van der Waals surface area contributed by atoms with Crippen LogP contribution in [0, 0.1) is 23.7 Å². The molecule has 4 aliphatic heterocycles. The molecule has 0 aromatic heterocycles. The number of hydrogen-bond acceptors (Lipinski definition) is 8. The highest BCUT2D eigenvalue weighted by molar-refractivity contribution is 5.84. The second kappa shape index (κ2) is 19.5. The lowest BCUT2D eigenvalue weighted by Gasteiger charge is -2.46. The third-order valence-corrected chi connectivity index (χ3v) is 11.6. The number of nitrogens with two attached hydrogens (primary N) is 1. The molecule has 2 amide bonds. The topological polar surface area (TPSA) is 127 Å². The highest BCUT2D eigenvalue weighted by Crippen LogP contribution is 2.31. The number of allylic oxidation sites excluding steroid dienone is 2. The summed E-state index contributed by atoms with van der Waals surface area (Å²) in [7, 11) is 0. The molecule has 0 bridgehead atoms. The molecule has 0 aromatic carbocycles. The second-order valence-corrected chi connectivity index (χ2v) is 15.1. The number of piperidine rings is 1. The Labute approximate surface area is 294 Å². The van der Waals surface area contributed by atoms with Gasteiger partial charge in [-0.15, -0.1) is 0 Å². The Morgan fingerprint density at radius 2 is 1.84 bits per heavy atom. The zero-order valence-electron chi connectivity index (χ0n) is 30.8. The number of nitrogens with zero attached hydrogens (tertiary/aromatic N) is 3. The van der Waals surface area contributed by atoms with Crippen molar-refractivity contribution in [1.82, 2.24) is 31.1 Å². The number of nitrogens with one attached hydrogen (secondary N) is 4. The van der Waals surface area contributed by atoms with E-state index in [9.17, 15) is 14.0 Å². The van der Waals surface area contributed by atoms with Crippen LogP contribution in [0.25, 0.3) is 0 Å². The number of hydrogen-bond donors (Lipinski definition) is 5. The fourth-order valence-electron chi connectivity index (χ4n) is 7.96. The van der Waals surface area contributed by atoms with Gasteiger partial charge in [-0.25, -0.2) is 8.78 Å². The van der Waals surface area contributed by atoms with Gasteiger partial charge in [0.1, 0.15) is 12.3 Å². The van der Waals surface area contributed by atoms with E-state index in [1.807, 2.05) is 26.8 Å². The first-order valence-corrected chi connectivity index (χ1v) is 19.4. The Bertz CT molecular complexity index is 1100. The van der Waals surface area contributed by atoms with Crippen LogP contribution in [0.3, 0.4) is 0 Å². The highest BCUT2D eigenvalue weighted by atomic mass is 19.1. The van der Waals surface area contributed by atoms with Gasteiger partial charge in [0.2, 0.25) is 11.8 Å². The third-order valence-electron chi connectivity index (χ3n) is 11.6. The van der Waals surface area contributed by atoms with Gasteiger partial charge in [0.25, 0.3) is 0 Å². The number of likely N-dealkylation sites (tertiary alicyclic amines) is 2. The van der Waals surface area contributed by atoms with Gasteiger partial charge in [0.05, 0.1) is 30.2 Å². The predicted molar refractivity (Wildman–Crippen MR) is 194 cm³/mol. The van der Waals surface area contributed by atoms with Crippen molar-refractivity contribution in [2.45, 2.75) is 135 Å². The molecule has 49 heavy (non-hydrogen) atoms. The summed E-state index contributed by atoms with van der Waals surface area (Å²) in [6.07, 6.45) is 8.08. The molecule has 9 unspecified atom stereocenters. The summed E-state index contributed by atoms with van der Waals surface area (Å²) in [5, 5.41) is 12.9. The molecular formula is C37H66F2N8O2. The van der Waals surface area contributed by atoms with Crippen molar-refractivity contribution in [3.05, 3.63) is 11.8 Å². The minimum Gasteiger partial charge on any atom is -0.373 e. The van der Waals surface area contributed by atoms with Crippen molar-refractivity contribution in [2.75, 3.05) is 45.8 Å². The summed E-state index contributed by atoms with van der Waals surface area (Å²) in [6.45, 7) is 15.2. The third kappa shape index (κ3) is 10.7. The van der Waals surface area contributed by atoms with E-state index in [2.05, 4.69) is 49.9 Å². The van der Waals surface area contributed by atoms with Crippen LogP contribution in [0.5, 0.6) is 0 Å². The van der Waals surface area contributed by atoms with Crippen molar-refractivity contribution in [2.24, 2.45) is 34.4 Å². The van der Waals surface area contributed by atoms with Gasteiger partial charge in [-0.2, -0.15) is 0 Å². The molecule has 0 spiro atoms. The number of aliphatic imine (C=N–C) groups is 1. The van der Waals surface area contributed by atoms with Gasteiger partial charge in [0, 0.05) is 43.5 Å². The average molecular weight is 693 g/mol. The maximum atomic E-state index is 16.6. The van der Waals surface area contributed by atoms with Crippen molar-refractivity contribution < 1.29 is 18.4 Å². The molecule has 2 saturated heterocycles. The van der Waals surface area contributed by atoms with Crippen LogP contribution in [-0.2, 0) is 9.59 Å². The van der Waals surface area contributed by atoms with E-state index in [1.165, 1.54) is 6.42 Å². The smallest absolute Gasteiger partial charge is 0.228 e. The maximum absolute atomic E-state index is 16.6. The molecule has 12 heteroatoms. The van der Waals surface area contributed by atoms with Crippen LogP contribution < -0.4 is 27.0 Å². The number of halogens is 2. The predicted octanol–water partition coefficient (Wildman–Crippen LogP) is 3.52. The first-order chi connectivity index (χ1) is 23.6. The summed E-state index contributed by atoms with van der Waals surface area (Å²) in [6, 6.07) is -2.23. The Morgan fingerprint density at radius 1 is 1.10 bits per heavy atom. The number of rotatable bonds is 14. The molecule has 4 aliphatic rings. The lowest BCUT2D eigenvalue weighted by Crippen LogP contribution is -2.66. The molecule has 2 fully saturated rings. The summed E-state index contributed by atoms with van der Waals surface area (Å²) >= 11 is 0. The normalized spacial score (nSPS) is 34.5. The van der Waals surface area contributed by atoms with Crippen LogP contribution in [0.15, 0.2) is 16.8 Å². The lowest BCUT2D eigenvalue weighted by molar-refractivity contribution is -0.128. The first-order valence-electron chi connectivity index (χ1n) is 19.4. The molecule has 6 N–H and O–H groups in total. The van der Waals surface area contributed by atoms with Crippen LogP contribution in [0.4, 0.5) is 8.78 Å². The SMILES string of the molecule is CCCC[C@@H](CC)/C1=C/CC(F)CNC(C)C(C(=O)NC2C=NC(C(C)CC)C(F)C2N2CCC(C(=O)NCCN3CCC3)CC2)C(N)N1. The molecule has 0 aromatic rings. The molecule has 0 aliphatic carbocycles. The van der Waals surface area contributed by atoms with Crippen LogP contribution in [-0.4, -0.2) is 116 Å². The van der Waals surface area contributed by atoms with E-state index < -0.39 is 48.6 Å². The molecular weight excluding hydrogens is 626 g/mol. The van der Waals surface area contributed by atoms with Gasteiger partial charge < -0.3 is 31.9 Å². The summed E-state index contributed by atoms with van der Waals surface area (Å²) in [5.41, 5.74) is 7.70. The second-order valence-electron chi connectivity index (χ2n) is 15.1. The van der Waals surface area contributed by atoms with E-state index in [0.29, 0.717) is 32.5 Å². The number of alkyl halides is 2. The molecule has 4 rings (SSSR count). The van der Waals surface area contributed by atoms with Crippen molar-refractivity contribution >= 4 is 18.0 Å². The zero-order valence-corrected chi connectivity index (χ0v) is 30.8. The monoisotopic (exact) mass is 693 g/mol. The largest absolute Gasteiger partial charge is 0.373 e. The fraction of sp³-hybridized carbons (Fsp3) is 0.865. The van der Waals surface area contributed by atoms with E-state index in [0.717, 1.165) is 57.4 Å². The molecule has 10 nitrogen and oxygen atoms in total. The van der Waals surface area contributed by atoms with Gasteiger partial charge >= 0.3 is 0 Å². The Balaban J connectivity index is 1.48. The summed E-state index contributed by atoms with van der Waals surface area (Å²) < 4.78 is 31.6. The number of carbonyl (C=O) groups excluding carboxylic acids is 2. The lowest BCUT2D eigenvalue weighted by atomic mass is 9.84. The number of amides is 2. The van der Waals surface area contributed by atoms with Crippen LogP contribution >= 0.6 is 0 Å². The minimum atomic E-state index is -1.29. The van der Waals surface area contributed by atoms with E-state index in [-0.39, 0.29) is 42.5 Å². The molecule has 0 radical (unpaired) electrons. The Hall–Kier alpha value is -2.15. The summed E-state index contributed by atoms with van der Waals surface area (Å²) in [5.74, 6) is -0.849. The van der Waals surface area contributed by atoms with Crippen LogP contribution in [0.2, 0.25) is 0 Å². The quantitative estimate of drug-likeness (QED) is 0.189. The van der Waals surface area contributed by atoms with E-state index >= 15 is 4.39 Å². The highest BCUT2D eigenvalue weighted by Gasteiger charge is 2.46. The Morgan fingerprint density at radius 3 is 2.47 bits per heavy atom. The average Bonchev–Trinajstić information content (AvgIpc) is 3.07. The number of unbranched alkanes of at least 4 members (excludes halogenated alkanes) is 1. The standard InChI is InChI=1S/C37H66F2N8O2/c1-6-9-11-26(8-3)29-13-12-28(38)22-42-25(5)31(35(40)44-29)37(49)45-30-23-43-33(24(4)7-2)32(39)34(30)47-19-14-27(15-20-47)36(48)41-16-21-46-17-10-18-46/h13,23-28,30-35,42,44H,6-12,14-22,40H2,1-5H3,(H,41,48)(H,45,49)/b29-13-/t24?,25?,26-,28?,30?,31?,32?,33?,34?,35?/m1/s1. The molecule has 4 heterocycles. The van der Waals surface area contributed by atoms with Crippen molar-refractivity contribution in [1.29, 1.82) is 0 Å². The van der Waals surface area contributed by atoms with Crippen LogP contribution in [0.1, 0.15) is 92.4 Å². The summed E-state index contributed by atoms with van der Waals surface area (Å²) in [4.78, 5) is 36.3. The number of carbonyl (C=O) groups is 2. The van der Waals surface area contributed by atoms with Gasteiger partial charge in [0.15, 0.2) is 0 Å².